The van der Waals surface area contributed by atoms with Crippen molar-refractivity contribution in [3.8, 4) is 16.9 Å². The number of rotatable bonds is 6. The van der Waals surface area contributed by atoms with E-state index in [0.29, 0.717) is 22.8 Å². The molecule has 0 aliphatic heterocycles. The monoisotopic (exact) mass is 399 g/mol. The Labute approximate surface area is 169 Å². The summed E-state index contributed by atoms with van der Waals surface area (Å²) in [6, 6.07) is 15.6. The van der Waals surface area contributed by atoms with E-state index in [1.165, 1.54) is 12.1 Å². The van der Waals surface area contributed by atoms with Crippen LogP contribution >= 0.6 is 11.6 Å². The first kappa shape index (κ1) is 20.1. The van der Waals surface area contributed by atoms with Gasteiger partial charge in [-0.05, 0) is 63.0 Å². The maximum absolute atomic E-state index is 13.9. The molecule has 0 radical (unpaired) electrons. The molecule has 0 atom stereocenters. The highest BCUT2D eigenvalue weighted by molar-refractivity contribution is 6.30. The van der Waals surface area contributed by atoms with Crippen molar-refractivity contribution in [2.75, 3.05) is 27.2 Å². The van der Waals surface area contributed by atoms with E-state index in [2.05, 4.69) is 5.32 Å². The summed E-state index contributed by atoms with van der Waals surface area (Å²) in [7, 11) is 3.91. The largest absolute Gasteiger partial charge is 0.351 e. The first-order chi connectivity index (χ1) is 13.4. The summed E-state index contributed by atoms with van der Waals surface area (Å²) in [6.45, 7) is 3.16. The van der Waals surface area contributed by atoms with Gasteiger partial charge in [0.2, 0.25) is 0 Å². The number of nitrogens with zero attached hydrogens (tertiary/aromatic N) is 2. The summed E-state index contributed by atoms with van der Waals surface area (Å²) < 4.78 is 15.8. The van der Waals surface area contributed by atoms with Crippen LogP contribution in [0.5, 0.6) is 0 Å². The molecule has 1 aromatic heterocycles. The maximum atomic E-state index is 13.9. The van der Waals surface area contributed by atoms with E-state index >= 15 is 0 Å². The van der Waals surface area contributed by atoms with Gasteiger partial charge in [0, 0.05) is 29.5 Å². The predicted octanol–water partition coefficient (Wildman–Crippen LogP) is 4.54. The standard InChI is InChI=1S/C22H23ClFN3O/c1-15-20(22(28)25-11-12-26(2)3)14-21(16-7-9-17(23)10-8-16)27(15)19-6-4-5-18(24)13-19/h4-10,13-14H,11-12H2,1-3H3,(H,25,28). The van der Waals surface area contributed by atoms with Crippen LogP contribution in [0.3, 0.4) is 0 Å². The number of benzene rings is 2. The summed E-state index contributed by atoms with van der Waals surface area (Å²) in [6.07, 6.45) is 0. The van der Waals surface area contributed by atoms with Crippen LogP contribution in [0.15, 0.2) is 54.6 Å². The third-order valence-electron chi connectivity index (χ3n) is 4.54. The fourth-order valence-corrected chi connectivity index (χ4v) is 3.23. The number of amides is 1. The summed E-state index contributed by atoms with van der Waals surface area (Å²) >= 11 is 6.02. The highest BCUT2D eigenvalue weighted by Gasteiger charge is 2.19. The van der Waals surface area contributed by atoms with E-state index in [9.17, 15) is 9.18 Å². The first-order valence-electron chi connectivity index (χ1n) is 9.04. The molecule has 4 nitrogen and oxygen atoms in total. The van der Waals surface area contributed by atoms with Crippen LogP contribution in [0.1, 0.15) is 16.1 Å². The van der Waals surface area contributed by atoms with Gasteiger partial charge >= 0.3 is 0 Å². The van der Waals surface area contributed by atoms with Gasteiger partial charge < -0.3 is 14.8 Å². The zero-order chi connectivity index (χ0) is 20.3. The molecule has 6 heteroatoms. The Morgan fingerprint density at radius 3 is 2.50 bits per heavy atom. The van der Waals surface area contributed by atoms with Crippen molar-refractivity contribution < 1.29 is 9.18 Å². The van der Waals surface area contributed by atoms with Crippen molar-refractivity contribution in [3.05, 3.63) is 76.7 Å². The number of hydrogen-bond acceptors (Lipinski definition) is 2. The van der Waals surface area contributed by atoms with Gasteiger partial charge in [0.25, 0.3) is 5.91 Å². The summed E-state index contributed by atoms with van der Waals surface area (Å²) in [4.78, 5) is 14.8. The lowest BCUT2D eigenvalue weighted by atomic mass is 10.1. The van der Waals surface area contributed by atoms with Gasteiger partial charge in [0.1, 0.15) is 5.82 Å². The van der Waals surface area contributed by atoms with Gasteiger partial charge in [0.05, 0.1) is 11.3 Å². The number of hydrogen-bond donors (Lipinski definition) is 1. The van der Waals surface area contributed by atoms with Gasteiger partial charge in [-0.1, -0.05) is 29.8 Å². The molecule has 0 fully saturated rings. The van der Waals surface area contributed by atoms with Crippen molar-refractivity contribution in [3.63, 3.8) is 0 Å². The molecule has 3 aromatic rings. The number of carbonyl (C=O) groups is 1. The minimum Gasteiger partial charge on any atom is -0.351 e. The second-order valence-corrected chi connectivity index (χ2v) is 7.35. The minimum atomic E-state index is -0.329. The average Bonchev–Trinajstić information content (AvgIpc) is 2.99. The highest BCUT2D eigenvalue weighted by Crippen LogP contribution is 2.30. The molecule has 1 heterocycles. The molecule has 0 unspecified atom stereocenters. The molecule has 0 saturated heterocycles. The van der Waals surface area contributed by atoms with Gasteiger partial charge in [-0.3, -0.25) is 4.79 Å². The second kappa shape index (κ2) is 8.59. The zero-order valence-corrected chi connectivity index (χ0v) is 16.9. The molecule has 146 valence electrons. The Kier molecular flexibility index (Phi) is 6.17. The Morgan fingerprint density at radius 2 is 1.86 bits per heavy atom. The quantitative estimate of drug-likeness (QED) is 0.660. The summed E-state index contributed by atoms with van der Waals surface area (Å²) in [5.41, 5.74) is 3.67. The van der Waals surface area contributed by atoms with E-state index < -0.39 is 0 Å². The molecule has 1 N–H and O–H groups in total. The predicted molar refractivity (Wildman–Crippen MR) is 112 cm³/mol. The smallest absolute Gasteiger partial charge is 0.253 e. The number of aromatic nitrogens is 1. The van der Waals surface area contributed by atoms with Crippen LogP contribution < -0.4 is 5.32 Å². The fourth-order valence-electron chi connectivity index (χ4n) is 3.11. The van der Waals surface area contributed by atoms with Crippen molar-refractivity contribution in [2.45, 2.75) is 6.92 Å². The lowest BCUT2D eigenvalue weighted by Gasteiger charge is -2.13. The Hall–Kier alpha value is -2.63. The normalized spacial score (nSPS) is 11.1. The van der Waals surface area contributed by atoms with Gasteiger partial charge in [-0.15, -0.1) is 0 Å². The van der Waals surface area contributed by atoms with Crippen LogP contribution in [0.4, 0.5) is 4.39 Å². The molecule has 28 heavy (non-hydrogen) atoms. The van der Waals surface area contributed by atoms with Gasteiger partial charge in [0.15, 0.2) is 0 Å². The van der Waals surface area contributed by atoms with Crippen molar-refractivity contribution >= 4 is 17.5 Å². The molecule has 0 spiro atoms. The van der Waals surface area contributed by atoms with E-state index in [4.69, 9.17) is 11.6 Å². The van der Waals surface area contributed by atoms with Crippen molar-refractivity contribution in [1.29, 1.82) is 0 Å². The Balaban J connectivity index is 2.07. The lowest BCUT2D eigenvalue weighted by molar-refractivity contribution is 0.0950. The highest BCUT2D eigenvalue weighted by atomic mass is 35.5. The van der Waals surface area contributed by atoms with E-state index in [1.54, 1.807) is 18.2 Å². The van der Waals surface area contributed by atoms with Crippen LogP contribution in [-0.4, -0.2) is 42.6 Å². The third kappa shape index (κ3) is 4.43. The SMILES string of the molecule is Cc1c(C(=O)NCCN(C)C)cc(-c2ccc(Cl)cc2)n1-c1cccc(F)c1. The molecule has 0 saturated carbocycles. The molecular formula is C22H23ClFN3O. The molecule has 2 aromatic carbocycles. The minimum absolute atomic E-state index is 0.148. The van der Waals surface area contributed by atoms with Crippen molar-refractivity contribution in [1.82, 2.24) is 14.8 Å². The van der Waals surface area contributed by atoms with E-state index in [1.807, 2.05) is 54.8 Å². The van der Waals surface area contributed by atoms with E-state index in [-0.39, 0.29) is 11.7 Å². The van der Waals surface area contributed by atoms with Gasteiger partial charge in [-0.25, -0.2) is 4.39 Å². The lowest BCUT2D eigenvalue weighted by Crippen LogP contribution is -2.31. The molecular weight excluding hydrogens is 377 g/mol. The summed E-state index contributed by atoms with van der Waals surface area (Å²) in [5, 5.41) is 3.58. The number of halogens is 2. The number of likely N-dealkylation sites (N-methyl/N-ethyl adjacent to an activating group) is 1. The molecule has 0 aliphatic carbocycles. The fraction of sp³-hybridized carbons (Fsp3) is 0.227. The first-order valence-corrected chi connectivity index (χ1v) is 9.42. The van der Waals surface area contributed by atoms with Crippen LogP contribution in [0, 0.1) is 12.7 Å². The average molecular weight is 400 g/mol. The molecule has 3 rings (SSSR count). The summed E-state index contributed by atoms with van der Waals surface area (Å²) in [5.74, 6) is -0.477. The zero-order valence-electron chi connectivity index (χ0n) is 16.2. The van der Waals surface area contributed by atoms with Crippen LogP contribution in [0.25, 0.3) is 16.9 Å². The Bertz CT molecular complexity index is 980. The topological polar surface area (TPSA) is 37.3 Å². The molecule has 0 bridgehead atoms. The number of nitrogens with one attached hydrogen (secondary N) is 1. The second-order valence-electron chi connectivity index (χ2n) is 6.91. The van der Waals surface area contributed by atoms with Crippen molar-refractivity contribution in [2.24, 2.45) is 0 Å². The third-order valence-corrected chi connectivity index (χ3v) is 4.79. The van der Waals surface area contributed by atoms with E-state index in [0.717, 1.165) is 23.5 Å². The van der Waals surface area contributed by atoms with Crippen LogP contribution in [0.2, 0.25) is 5.02 Å². The maximum Gasteiger partial charge on any atom is 0.253 e. The van der Waals surface area contributed by atoms with Crippen LogP contribution in [-0.2, 0) is 0 Å². The molecule has 1 amide bonds. The molecule has 0 aliphatic rings. The Morgan fingerprint density at radius 1 is 1.14 bits per heavy atom. The van der Waals surface area contributed by atoms with Gasteiger partial charge in [-0.2, -0.15) is 0 Å². The number of carbonyl (C=O) groups excluding carboxylic acids is 1.